The van der Waals surface area contributed by atoms with E-state index in [1.807, 2.05) is 0 Å². The van der Waals surface area contributed by atoms with Gasteiger partial charge in [0.2, 0.25) is 0 Å². The standard InChI is InChI=1S/C29H29ClF3N7OS/c30-17-9-16-23(22(33)20(17)21-18(31)10-19(32)25-24(21)36-27(34)42-25)37-28(41-13-29-5-1-7-39(29)8-2-6-29)38-26(16)40-14-3-4-15(40)12-35-11-14/h9-10,14-15,35H,1-8,11-13H2,(H2,34,36). The highest BCUT2D eigenvalue weighted by molar-refractivity contribution is 7.22. The quantitative estimate of drug-likeness (QED) is 0.304. The molecule has 220 valence electrons. The molecule has 4 aliphatic heterocycles. The number of piperazine rings is 1. The van der Waals surface area contributed by atoms with Crippen molar-refractivity contribution >= 4 is 55.0 Å². The second-order valence-corrected chi connectivity index (χ2v) is 13.3. The van der Waals surface area contributed by atoms with Gasteiger partial charge in [-0.25, -0.2) is 18.2 Å². The summed E-state index contributed by atoms with van der Waals surface area (Å²) in [4.78, 5) is 18.3. The molecule has 42 heavy (non-hydrogen) atoms. The normalized spacial score (nSPS) is 23.4. The van der Waals surface area contributed by atoms with E-state index in [4.69, 9.17) is 27.1 Å². The molecule has 6 heterocycles. The molecule has 4 aliphatic rings. The molecule has 4 fully saturated rings. The summed E-state index contributed by atoms with van der Waals surface area (Å²) in [5.41, 5.74) is 5.18. The molecule has 4 saturated heterocycles. The van der Waals surface area contributed by atoms with E-state index in [0.717, 1.165) is 76.0 Å². The summed E-state index contributed by atoms with van der Waals surface area (Å²) in [5.74, 6) is -2.09. The number of thiazole rings is 1. The summed E-state index contributed by atoms with van der Waals surface area (Å²) >= 11 is 7.59. The zero-order valence-corrected chi connectivity index (χ0v) is 24.3. The number of anilines is 2. The van der Waals surface area contributed by atoms with Crippen molar-refractivity contribution in [2.45, 2.75) is 56.1 Å². The maximum absolute atomic E-state index is 16.7. The van der Waals surface area contributed by atoms with Crippen molar-refractivity contribution in [3.8, 4) is 17.1 Å². The smallest absolute Gasteiger partial charge is 0.319 e. The highest BCUT2D eigenvalue weighted by Gasteiger charge is 2.45. The Balaban J connectivity index is 1.31. The Hall–Kier alpha value is -2.93. The third-order valence-corrected chi connectivity index (χ3v) is 10.8. The first-order chi connectivity index (χ1) is 20.3. The van der Waals surface area contributed by atoms with Gasteiger partial charge in [-0.1, -0.05) is 22.9 Å². The van der Waals surface area contributed by atoms with Crippen LogP contribution < -0.4 is 20.7 Å². The van der Waals surface area contributed by atoms with Gasteiger partial charge < -0.3 is 20.7 Å². The average Bonchev–Trinajstić information content (AvgIpc) is 3.70. The van der Waals surface area contributed by atoms with E-state index in [1.165, 1.54) is 0 Å². The summed E-state index contributed by atoms with van der Waals surface area (Å²) in [6.07, 6.45) is 6.28. The molecule has 0 saturated carbocycles. The minimum Gasteiger partial charge on any atom is -0.461 e. The van der Waals surface area contributed by atoms with Gasteiger partial charge in [0, 0.05) is 47.8 Å². The van der Waals surface area contributed by atoms with Crippen LogP contribution in [0.1, 0.15) is 38.5 Å². The molecule has 2 aromatic heterocycles. The summed E-state index contributed by atoms with van der Waals surface area (Å²) in [6, 6.07) is 2.74. The number of nitrogens with one attached hydrogen (secondary N) is 1. The van der Waals surface area contributed by atoms with Crippen LogP contribution in [0.2, 0.25) is 5.02 Å². The van der Waals surface area contributed by atoms with E-state index < -0.39 is 17.5 Å². The first-order valence-corrected chi connectivity index (χ1v) is 15.6. The maximum Gasteiger partial charge on any atom is 0.319 e. The largest absolute Gasteiger partial charge is 0.461 e. The minimum absolute atomic E-state index is 0.0281. The van der Waals surface area contributed by atoms with Gasteiger partial charge in [0.25, 0.3) is 0 Å². The molecular formula is C29H29ClF3N7OS. The average molecular weight is 616 g/mol. The fourth-order valence-corrected chi connectivity index (χ4v) is 8.74. The van der Waals surface area contributed by atoms with Crippen LogP contribution in [0.3, 0.4) is 0 Å². The van der Waals surface area contributed by atoms with Crippen LogP contribution in [0, 0.1) is 17.5 Å². The lowest BCUT2D eigenvalue weighted by Gasteiger charge is -2.37. The third kappa shape index (κ3) is 3.98. The molecule has 0 amide bonds. The number of nitrogens with zero attached hydrogens (tertiary/aromatic N) is 5. The highest BCUT2D eigenvalue weighted by Crippen LogP contribution is 2.45. The van der Waals surface area contributed by atoms with Crippen LogP contribution in [0.25, 0.3) is 32.2 Å². The lowest BCUT2D eigenvalue weighted by Crippen LogP contribution is -2.52. The number of benzene rings is 2. The van der Waals surface area contributed by atoms with Gasteiger partial charge in [0.1, 0.15) is 29.6 Å². The number of aromatic nitrogens is 3. The molecule has 3 N–H and O–H groups in total. The Bertz CT molecular complexity index is 1730. The molecule has 0 spiro atoms. The van der Waals surface area contributed by atoms with Gasteiger partial charge >= 0.3 is 6.01 Å². The zero-order chi connectivity index (χ0) is 28.7. The fourth-order valence-electron chi connectivity index (χ4n) is 7.70. The van der Waals surface area contributed by atoms with Gasteiger partial charge in [0.05, 0.1) is 20.8 Å². The predicted octanol–water partition coefficient (Wildman–Crippen LogP) is 5.51. The van der Waals surface area contributed by atoms with Crippen molar-refractivity contribution in [3.63, 3.8) is 0 Å². The number of hydrogen-bond acceptors (Lipinski definition) is 9. The predicted molar refractivity (Wildman–Crippen MR) is 158 cm³/mol. The van der Waals surface area contributed by atoms with Gasteiger partial charge in [0.15, 0.2) is 10.9 Å². The summed E-state index contributed by atoms with van der Waals surface area (Å²) in [7, 11) is 0. The van der Waals surface area contributed by atoms with E-state index >= 15 is 8.78 Å². The third-order valence-electron chi connectivity index (χ3n) is 9.59. The van der Waals surface area contributed by atoms with Crippen LogP contribution in [0.4, 0.5) is 24.1 Å². The summed E-state index contributed by atoms with van der Waals surface area (Å²) in [6.45, 7) is 4.09. The van der Waals surface area contributed by atoms with Crippen molar-refractivity contribution in [3.05, 3.63) is 34.6 Å². The molecule has 2 atom stereocenters. The Labute approximate surface area is 249 Å². The lowest BCUT2D eigenvalue weighted by molar-refractivity contribution is 0.108. The maximum atomic E-state index is 16.7. The SMILES string of the molecule is Nc1nc2c(-c3c(Cl)cc4c(N5C6CCC5CNC6)nc(OCC56CCCN5CCC6)nc4c3F)c(F)cc(F)c2s1. The second kappa shape index (κ2) is 9.80. The van der Waals surface area contributed by atoms with E-state index in [0.29, 0.717) is 23.9 Å². The van der Waals surface area contributed by atoms with Crippen molar-refractivity contribution in [1.82, 2.24) is 25.2 Å². The number of rotatable bonds is 5. The zero-order valence-electron chi connectivity index (χ0n) is 22.7. The lowest BCUT2D eigenvalue weighted by atomic mass is 9.95. The Morgan fingerprint density at radius 1 is 1.00 bits per heavy atom. The van der Waals surface area contributed by atoms with Crippen molar-refractivity contribution in [2.75, 3.05) is 43.4 Å². The number of ether oxygens (including phenoxy) is 1. The topological polar surface area (TPSA) is 92.4 Å². The second-order valence-electron chi connectivity index (χ2n) is 11.9. The Morgan fingerprint density at radius 2 is 1.74 bits per heavy atom. The van der Waals surface area contributed by atoms with E-state index in [2.05, 4.69) is 25.1 Å². The molecule has 4 aromatic rings. The van der Waals surface area contributed by atoms with Crippen LogP contribution in [-0.4, -0.2) is 70.3 Å². The summed E-state index contributed by atoms with van der Waals surface area (Å²) in [5, 5.41) is 3.88. The first kappa shape index (κ1) is 26.7. The van der Waals surface area contributed by atoms with E-state index in [-0.39, 0.29) is 60.6 Å². The number of fused-ring (bicyclic) bond motifs is 5. The first-order valence-electron chi connectivity index (χ1n) is 14.4. The summed E-state index contributed by atoms with van der Waals surface area (Å²) < 4.78 is 53.1. The monoisotopic (exact) mass is 615 g/mol. The van der Waals surface area contributed by atoms with Gasteiger partial charge in [-0.2, -0.15) is 9.97 Å². The molecule has 2 bridgehead atoms. The van der Waals surface area contributed by atoms with Crippen molar-refractivity contribution in [1.29, 1.82) is 0 Å². The highest BCUT2D eigenvalue weighted by atomic mass is 35.5. The van der Waals surface area contributed by atoms with Crippen molar-refractivity contribution < 1.29 is 17.9 Å². The van der Waals surface area contributed by atoms with E-state index in [9.17, 15) is 4.39 Å². The molecule has 2 unspecified atom stereocenters. The van der Waals surface area contributed by atoms with Crippen LogP contribution in [-0.2, 0) is 0 Å². The number of nitrogens with two attached hydrogens (primary N) is 1. The Morgan fingerprint density at radius 3 is 2.48 bits per heavy atom. The van der Waals surface area contributed by atoms with Crippen LogP contribution in [0.5, 0.6) is 6.01 Å². The molecule has 2 aromatic carbocycles. The molecule has 8 rings (SSSR count). The Kier molecular flexibility index (Phi) is 6.22. The van der Waals surface area contributed by atoms with Gasteiger partial charge in [-0.15, -0.1) is 0 Å². The molecule has 0 aliphatic carbocycles. The van der Waals surface area contributed by atoms with Crippen molar-refractivity contribution in [2.24, 2.45) is 0 Å². The molecule has 13 heteroatoms. The molecule has 8 nitrogen and oxygen atoms in total. The fraction of sp³-hybridized carbons (Fsp3) is 0.483. The van der Waals surface area contributed by atoms with Gasteiger partial charge in [-0.05, 0) is 57.7 Å². The molecular weight excluding hydrogens is 587 g/mol. The number of halogens is 4. The van der Waals surface area contributed by atoms with E-state index in [1.54, 1.807) is 6.07 Å². The van der Waals surface area contributed by atoms with Crippen LogP contribution >= 0.6 is 22.9 Å². The minimum atomic E-state index is -0.988. The number of hydrogen-bond donors (Lipinski definition) is 2. The van der Waals surface area contributed by atoms with Crippen LogP contribution in [0.15, 0.2) is 12.1 Å². The van der Waals surface area contributed by atoms with Gasteiger partial charge in [-0.3, -0.25) is 4.90 Å². The number of nitrogen functional groups attached to an aromatic ring is 1. The molecule has 0 radical (unpaired) electrons.